The van der Waals surface area contributed by atoms with Gasteiger partial charge in [0.2, 0.25) is 11.8 Å². The molecule has 6 nitrogen and oxygen atoms in total. The monoisotopic (exact) mass is 384 g/mol. The minimum atomic E-state index is -0.403. The Kier molecular flexibility index (Phi) is 4.14. The topological polar surface area (TPSA) is 71.3 Å². The lowest BCUT2D eigenvalue weighted by Crippen LogP contribution is -2.45. The Labute approximate surface area is 163 Å². The summed E-state index contributed by atoms with van der Waals surface area (Å²) in [6.45, 7) is 3.52. The van der Waals surface area contributed by atoms with Crippen LogP contribution < -0.4 is 5.32 Å². The molecule has 1 saturated heterocycles. The fourth-order valence-electron chi connectivity index (χ4n) is 4.42. The SMILES string of the molecule is CC(Nc1nnc(C2CC2c2cccc(F)c2)o1)C(=O)N1CCC2(CC1)CC2. The van der Waals surface area contributed by atoms with Crippen LogP contribution in [0.3, 0.4) is 0 Å². The van der Waals surface area contributed by atoms with E-state index in [0.717, 1.165) is 37.9 Å². The number of anilines is 1. The van der Waals surface area contributed by atoms with Crippen molar-refractivity contribution in [2.75, 3.05) is 18.4 Å². The molecule has 1 aromatic heterocycles. The second-order valence-corrected chi connectivity index (χ2v) is 8.64. The van der Waals surface area contributed by atoms with Gasteiger partial charge in [-0.25, -0.2) is 4.39 Å². The number of rotatable bonds is 5. The molecule has 0 radical (unpaired) electrons. The van der Waals surface area contributed by atoms with E-state index in [1.165, 1.54) is 18.9 Å². The molecule has 5 rings (SSSR count). The first-order valence-electron chi connectivity index (χ1n) is 10.2. The molecule has 1 amide bonds. The summed E-state index contributed by atoms with van der Waals surface area (Å²) in [7, 11) is 0. The molecule has 2 aromatic rings. The maximum Gasteiger partial charge on any atom is 0.316 e. The van der Waals surface area contributed by atoms with Crippen LogP contribution >= 0.6 is 0 Å². The number of hydrogen-bond acceptors (Lipinski definition) is 5. The van der Waals surface area contributed by atoms with Crippen LogP contribution in [0, 0.1) is 11.2 Å². The van der Waals surface area contributed by atoms with Crippen LogP contribution in [-0.4, -0.2) is 40.1 Å². The van der Waals surface area contributed by atoms with Crippen LogP contribution in [0.25, 0.3) is 0 Å². The zero-order valence-corrected chi connectivity index (χ0v) is 16.0. The van der Waals surface area contributed by atoms with Crippen molar-refractivity contribution in [3.8, 4) is 0 Å². The normalized spacial score (nSPS) is 26.1. The van der Waals surface area contributed by atoms with E-state index in [1.807, 2.05) is 17.9 Å². The molecule has 7 heteroatoms. The van der Waals surface area contributed by atoms with Gasteiger partial charge < -0.3 is 14.6 Å². The Morgan fingerprint density at radius 3 is 2.75 bits per heavy atom. The largest absolute Gasteiger partial charge is 0.408 e. The molecule has 1 aliphatic heterocycles. The number of likely N-dealkylation sites (tertiary alicyclic amines) is 1. The van der Waals surface area contributed by atoms with Gasteiger partial charge in [0.05, 0.1) is 0 Å². The fraction of sp³-hybridized carbons (Fsp3) is 0.571. The van der Waals surface area contributed by atoms with Gasteiger partial charge in [0, 0.05) is 19.0 Å². The third-order valence-electron chi connectivity index (χ3n) is 6.63. The van der Waals surface area contributed by atoms with Gasteiger partial charge in [-0.15, -0.1) is 5.10 Å². The molecule has 3 unspecified atom stereocenters. The van der Waals surface area contributed by atoms with E-state index in [0.29, 0.717) is 11.3 Å². The van der Waals surface area contributed by atoms with Gasteiger partial charge >= 0.3 is 6.01 Å². The summed E-state index contributed by atoms with van der Waals surface area (Å²) in [6.07, 6.45) is 5.77. The van der Waals surface area contributed by atoms with Crippen LogP contribution in [0.4, 0.5) is 10.4 Å². The van der Waals surface area contributed by atoms with Crippen molar-refractivity contribution in [3.63, 3.8) is 0 Å². The number of hydrogen-bond donors (Lipinski definition) is 1. The summed E-state index contributed by atoms with van der Waals surface area (Å²) in [6, 6.07) is 6.52. The van der Waals surface area contributed by atoms with Gasteiger partial charge in [-0.05, 0) is 68.1 Å². The molecular weight excluding hydrogens is 359 g/mol. The fourth-order valence-corrected chi connectivity index (χ4v) is 4.42. The van der Waals surface area contributed by atoms with E-state index >= 15 is 0 Å². The molecule has 0 bridgehead atoms. The molecular formula is C21H25FN4O2. The van der Waals surface area contributed by atoms with Crippen LogP contribution in [0.15, 0.2) is 28.7 Å². The molecule has 1 aromatic carbocycles. The third kappa shape index (κ3) is 3.38. The molecule has 3 aliphatic rings. The highest BCUT2D eigenvalue weighted by molar-refractivity contribution is 5.83. The number of benzene rings is 1. The van der Waals surface area contributed by atoms with Crippen LogP contribution in [0.2, 0.25) is 0 Å². The van der Waals surface area contributed by atoms with E-state index in [2.05, 4.69) is 15.5 Å². The number of amides is 1. The highest BCUT2D eigenvalue weighted by Crippen LogP contribution is 2.54. The lowest BCUT2D eigenvalue weighted by atomic mass is 9.93. The molecule has 1 N–H and O–H groups in total. The number of carbonyl (C=O) groups excluding carboxylic acids is 1. The Hall–Kier alpha value is -2.44. The van der Waals surface area contributed by atoms with Crippen molar-refractivity contribution in [2.24, 2.45) is 5.41 Å². The first kappa shape index (κ1) is 17.6. The number of nitrogens with zero attached hydrogens (tertiary/aromatic N) is 3. The zero-order chi connectivity index (χ0) is 19.3. The highest BCUT2D eigenvalue weighted by atomic mass is 19.1. The summed E-state index contributed by atoms with van der Waals surface area (Å²) < 4.78 is 19.2. The maximum absolute atomic E-state index is 13.4. The van der Waals surface area contributed by atoms with Crippen molar-refractivity contribution in [3.05, 3.63) is 41.5 Å². The number of aromatic nitrogens is 2. The van der Waals surface area contributed by atoms with Gasteiger partial charge in [-0.1, -0.05) is 17.2 Å². The molecule has 3 fully saturated rings. The van der Waals surface area contributed by atoms with Gasteiger partial charge in [0.1, 0.15) is 11.9 Å². The number of nitrogens with one attached hydrogen (secondary N) is 1. The molecule has 2 heterocycles. The lowest BCUT2D eigenvalue weighted by molar-refractivity contribution is -0.133. The molecule has 28 heavy (non-hydrogen) atoms. The van der Waals surface area contributed by atoms with Crippen LogP contribution in [0.1, 0.15) is 62.3 Å². The van der Waals surface area contributed by atoms with E-state index in [1.54, 1.807) is 12.1 Å². The second-order valence-electron chi connectivity index (χ2n) is 8.64. The highest BCUT2D eigenvalue weighted by Gasteiger charge is 2.46. The van der Waals surface area contributed by atoms with E-state index in [-0.39, 0.29) is 29.6 Å². The van der Waals surface area contributed by atoms with Crippen molar-refractivity contribution < 1.29 is 13.6 Å². The van der Waals surface area contributed by atoms with Crippen molar-refractivity contribution >= 4 is 11.9 Å². The van der Waals surface area contributed by atoms with Gasteiger partial charge in [-0.2, -0.15) is 0 Å². The van der Waals surface area contributed by atoms with Crippen LogP contribution in [0.5, 0.6) is 0 Å². The summed E-state index contributed by atoms with van der Waals surface area (Å²) in [4.78, 5) is 14.6. The zero-order valence-electron chi connectivity index (χ0n) is 16.0. The summed E-state index contributed by atoms with van der Waals surface area (Å²) in [5, 5.41) is 11.2. The summed E-state index contributed by atoms with van der Waals surface area (Å²) >= 11 is 0. The van der Waals surface area contributed by atoms with Gasteiger partial charge in [-0.3, -0.25) is 4.79 Å². The van der Waals surface area contributed by atoms with Crippen molar-refractivity contribution in [1.82, 2.24) is 15.1 Å². The van der Waals surface area contributed by atoms with Crippen molar-refractivity contribution in [1.29, 1.82) is 0 Å². The standard InChI is InChI=1S/C21H25FN4O2/c1-13(19(27)26-9-7-21(5-6-21)8-10-26)23-20-25-24-18(28-20)17-12-16(17)14-3-2-4-15(22)11-14/h2-4,11,13,16-17H,5-10,12H2,1H3,(H,23,25). The summed E-state index contributed by atoms with van der Waals surface area (Å²) in [5.41, 5.74) is 1.51. The maximum atomic E-state index is 13.4. The average molecular weight is 384 g/mol. The number of carbonyl (C=O) groups is 1. The predicted octanol–water partition coefficient (Wildman–Crippen LogP) is 3.68. The lowest BCUT2D eigenvalue weighted by Gasteiger charge is -2.33. The van der Waals surface area contributed by atoms with Gasteiger partial charge in [0.15, 0.2) is 0 Å². The molecule has 1 spiro atoms. The number of halogens is 1. The molecule has 148 valence electrons. The Balaban J connectivity index is 1.17. The molecule has 3 atom stereocenters. The van der Waals surface area contributed by atoms with Crippen molar-refractivity contribution in [2.45, 2.75) is 56.9 Å². The first-order valence-corrected chi connectivity index (χ1v) is 10.2. The molecule has 2 saturated carbocycles. The van der Waals surface area contributed by atoms with E-state index in [4.69, 9.17) is 4.42 Å². The minimum absolute atomic E-state index is 0.0827. The quantitative estimate of drug-likeness (QED) is 0.851. The predicted molar refractivity (Wildman–Crippen MR) is 101 cm³/mol. The average Bonchev–Trinajstić information content (AvgIpc) is 3.61. The first-order chi connectivity index (χ1) is 13.5. The Bertz CT molecular complexity index is 884. The third-order valence-corrected chi connectivity index (χ3v) is 6.63. The Morgan fingerprint density at radius 1 is 1.25 bits per heavy atom. The summed E-state index contributed by atoms with van der Waals surface area (Å²) in [5.74, 6) is 0.733. The van der Waals surface area contributed by atoms with E-state index in [9.17, 15) is 9.18 Å². The number of piperidine rings is 1. The smallest absolute Gasteiger partial charge is 0.316 e. The second kappa shape index (κ2) is 6.57. The minimum Gasteiger partial charge on any atom is -0.408 e. The van der Waals surface area contributed by atoms with E-state index < -0.39 is 6.04 Å². The van der Waals surface area contributed by atoms with Crippen LogP contribution in [-0.2, 0) is 4.79 Å². The Morgan fingerprint density at radius 2 is 2.04 bits per heavy atom. The molecule has 2 aliphatic carbocycles. The van der Waals surface area contributed by atoms with Gasteiger partial charge in [0.25, 0.3) is 0 Å².